The van der Waals surface area contributed by atoms with Crippen LogP contribution in [0.2, 0.25) is 0 Å². The number of carbonyl (C=O) groups is 1. The summed E-state index contributed by atoms with van der Waals surface area (Å²) in [6, 6.07) is 9.25. The van der Waals surface area contributed by atoms with Crippen molar-refractivity contribution in [2.75, 3.05) is 16.8 Å². The number of rotatable bonds is 3. The molecule has 0 bridgehead atoms. The molecule has 0 radical (unpaired) electrons. The van der Waals surface area contributed by atoms with E-state index in [9.17, 15) is 22.4 Å². The van der Waals surface area contributed by atoms with Crippen LogP contribution in [0, 0.1) is 5.82 Å². The number of nitrogens with one attached hydrogen (secondary N) is 1. The summed E-state index contributed by atoms with van der Waals surface area (Å²) < 4.78 is 52.6. The van der Waals surface area contributed by atoms with Gasteiger partial charge in [0.15, 0.2) is 0 Å². The Balaban J connectivity index is 1.80. The fourth-order valence-corrected chi connectivity index (χ4v) is 3.22. The van der Waals surface area contributed by atoms with Crippen molar-refractivity contribution in [3.8, 4) is 0 Å². The molecule has 0 saturated carbocycles. The molecule has 1 aliphatic rings. The van der Waals surface area contributed by atoms with Gasteiger partial charge >= 0.3 is 6.18 Å². The van der Waals surface area contributed by atoms with E-state index in [0.29, 0.717) is 6.42 Å². The van der Waals surface area contributed by atoms with Crippen LogP contribution in [0.4, 0.5) is 28.9 Å². The molecular formula is C19H18F4N2O. The second kappa shape index (κ2) is 6.97. The number of nitrogens with zero attached hydrogens (tertiary/aromatic N) is 1. The van der Waals surface area contributed by atoms with Crippen molar-refractivity contribution in [1.29, 1.82) is 0 Å². The number of anilines is 2. The lowest BCUT2D eigenvalue weighted by Gasteiger charge is -2.36. The van der Waals surface area contributed by atoms with E-state index < -0.39 is 17.6 Å². The second-order valence-electron chi connectivity index (χ2n) is 6.38. The van der Waals surface area contributed by atoms with Crippen molar-refractivity contribution < 1.29 is 22.4 Å². The molecular weight excluding hydrogens is 348 g/mol. The summed E-state index contributed by atoms with van der Waals surface area (Å²) in [5.74, 6) is -0.896. The Morgan fingerprint density at radius 2 is 1.96 bits per heavy atom. The van der Waals surface area contributed by atoms with Crippen molar-refractivity contribution in [3.05, 3.63) is 59.4 Å². The molecule has 0 fully saturated rings. The average molecular weight is 366 g/mol. The molecule has 1 amide bonds. The molecule has 26 heavy (non-hydrogen) atoms. The van der Waals surface area contributed by atoms with E-state index in [2.05, 4.69) is 5.32 Å². The number of hydrogen-bond donors (Lipinski definition) is 1. The van der Waals surface area contributed by atoms with Crippen LogP contribution >= 0.6 is 0 Å². The predicted octanol–water partition coefficient (Wildman–Crippen LogP) is 4.62. The lowest BCUT2D eigenvalue weighted by molar-refractivity contribution is -0.137. The van der Waals surface area contributed by atoms with Crippen LogP contribution in [-0.4, -0.2) is 18.5 Å². The van der Waals surface area contributed by atoms with Crippen LogP contribution in [0.15, 0.2) is 42.5 Å². The SMILES string of the molecule is CC1CCc2cc(F)ccc2N1CC(=O)Nc1ccccc1C(F)(F)F. The van der Waals surface area contributed by atoms with E-state index in [4.69, 9.17) is 0 Å². The smallest absolute Gasteiger partial charge is 0.359 e. The molecule has 1 aliphatic heterocycles. The molecule has 3 nitrogen and oxygen atoms in total. The van der Waals surface area contributed by atoms with Gasteiger partial charge in [-0.2, -0.15) is 13.2 Å². The summed E-state index contributed by atoms with van der Waals surface area (Å²) in [4.78, 5) is 14.2. The van der Waals surface area contributed by atoms with Crippen molar-refractivity contribution in [1.82, 2.24) is 0 Å². The van der Waals surface area contributed by atoms with Gasteiger partial charge in [0.1, 0.15) is 5.82 Å². The fourth-order valence-electron chi connectivity index (χ4n) is 3.22. The van der Waals surface area contributed by atoms with E-state index in [1.54, 1.807) is 11.0 Å². The van der Waals surface area contributed by atoms with Crippen LogP contribution < -0.4 is 10.2 Å². The maximum absolute atomic E-state index is 13.4. The van der Waals surface area contributed by atoms with Crippen molar-refractivity contribution in [3.63, 3.8) is 0 Å². The molecule has 7 heteroatoms. The maximum atomic E-state index is 13.4. The number of alkyl halides is 3. The summed E-state index contributed by atoms with van der Waals surface area (Å²) >= 11 is 0. The van der Waals surface area contributed by atoms with Gasteiger partial charge in [-0.1, -0.05) is 12.1 Å². The van der Waals surface area contributed by atoms with E-state index in [1.807, 2.05) is 6.92 Å². The Bertz CT molecular complexity index is 819. The third-order valence-corrected chi connectivity index (χ3v) is 4.53. The molecule has 1 atom stereocenters. The zero-order valence-electron chi connectivity index (χ0n) is 14.1. The number of halogens is 4. The molecule has 0 aromatic heterocycles. The van der Waals surface area contributed by atoms with Gasteiger partial charge < -0.3 is 10.2 Å². The molecule has 1 unspecified atom stereocenters. The molecule has 138 valence electrons. The molecule has 1 N–H and O–H groups in total. The summed E-state index contributed by atoms with van der Waals surface area (Å²) in [7, 11) is 0. The van der Waals surface area contributed by atoms with Gasteiger partial charge in [-0.05, 0) is 55.7 Å². The predicted molar refractivity (Wildman–Crippen MR) is 91.6 cm³/mol. The normalized spacial score (nSPS) is 17.0. The molecule has 0 saturated heterocycles. The van der Waals surface area contributed by atoms with E-state index in [-0.39, 0.29) is 24.1 Å². The quantitative estimate of drug-likeness (QED) is 0.804. The third kappa shape index (κ3) is 3.81. The summed E-state index contributed by atoms with van der Waals surface area (Å²) in [5, 5.41) is 2.35. The maximum Gasteiger partial charge on any atom is 0.418 e. The Kier molecular flexibility index (Phi) is 4.89. The number of benzene rings is 2. The topological polar surface area (TPSA) is 32.3 Å². The van der Waals surface area contributed by atoms with Crippen LogP contribution in [0.5, 0.6) is 0 Å². The number of carbonyl (C=O) groups excluding carboxylic acids is 1. The highest BCUT2D eigenvalue weighted by molar-refractivity contribution is 5.95. The van der Waals surface area contributed by atoms with Crippen LogP contribution in [-0.2, 0) is 17.4 Å². The summed E-state index contributed by atoms with van der Waals surface area (Å²) in [6.45, 7) is 1.83. The molecule has 0 spiro atoms. The van der Waals surface area contributed by atoms with Gasteiger partial charge in [0, 0.05) is 11.7 Å². The number of fused-ring (bicyclic) bond motifs is 1. The zero-order valence-corrected chi connectivity index (χ0v) is 14.1. The Morgan fingerprint density at radius 1 is 1.23 bits per heavy atom. The highest BCUT2D eigenvalue weighted by atomic mass is 19.4. The van der Waals surface area contributed by atoms with Crippen molar-refractivity contribution in [2.45, 2.75) is 32.0 Å². The molecule has 1 heterocycles. The van der Waals surface area contributed by atoms with Crippen molar-refractivity contribution >= 4 is 17.3 Å². The van der Waals surface area contributed by atoms with E-state index >= 15 is 0 Å². The second-order valence-corrected chi connectivity index (χ2v) is 6.38. The highest BCUT2D eigenvalue weighted by Crippen LogP contribution is 2.35. The Labute approximate surface area is 148 Å². The lowest BCUT2D eigenvalue weighted by atomic mass is 9.96. The van der Waals surface area contributed by atoms with E-state index in [0.717, 1.165) is 23.7 Å². The van der Waals surface area contributed by atoms with Crippen LogP contribution in [0.25, 0.3) is 0 Å². The number of amides is 1. The lowest BCUT2D eigenvalue weighted by Crippen LogP contribution is -2.42. The average Bonchev–Trinajstić information content (AvgIpc) is 2.57. The standard InChI is InChI=1S/C19H18F4N2O/c1-12-6-7-13-10-14(20)8-9-17(13)25(12)11-18(26)24-16-5-3-2-4-15(16)19(21,22)23/h2-5,8-10,12H,6-7,11H2,1H3,(H,24,26). The zero-order chi connectivity index (χ0) is 18.9. The number of hydrogen-bond acceptors (Lipinski definition) is 2. The summed E-state index contributed by atoms with van der Waals surface area (Å²) in [6.07, 6.45) is -3.11. The Morgan fingerprint density at radius 3 is 2.69 bits per heavy atom. The minimum Gasteiger partial charge on any atom is -0.359 e. The van der Waals surface area contributed by atoms with Gasteiger partial charge in [0.2, 0.25) is 5.91 Å². The third-order valence-electron chi connectivity index (χ3n) is 4.53. The first-order valence-electron chi connectivity index (χ1n) is 8.27. The monoisotopic (exact) mass is 366 g/mol. The van der Waals surface area contributed by atoms with Crippen LogP contribution in [0.1, 0.15) is 24.5 Å². The van der Waals surface area contributed by atoms with Gasteiger partial charge in [0.05, 0.1) is 17.8 Å². The largest absolute Gasteiger partial charge is 0.418 e. The van der Waals surface area contributed by atoms with Crippen LogP contribution in [0.3, 0.4) is 0 Å². The molecule has 0 aliphatic carbocycles. The minimum absolute atomic E-state index is 0.0246. The first-order valence-corrected chi connectivity index (χ1v) is 8.27. The van der Waals surface area contributed by atoms with Gasteiger partial charge in [-0.25, -0.2) is 4.39 Å². The van der Waals surface area contributed by atoms with Gasteiger partial charge in [0.25, 0.3) is 0 Å². The van der Waals surface area contributed by atoms with E-state index in [1.165, 1.54) is 30.3 Å². The fraction of sp³-hybridized carbons (Fsp3) is 0.316. The molecule has 2 aromatic rings. The van der Waals surface area contributed by atoms with Crippen molar-refractivity contribution in [2.24, 2.45) is 0 Å². The Hall–Kier alpha value is -2.57. The molecule has 2 aromatic carbocycles. The first-order chi connectivity index (χ1) is 12.3. The summed E-state index contributed by atoms with van der Waals surface area (Å²) in [5.41, 5.74) is 0.382. The number of aryl methyl sites for hydroxylation is 1. The minimum atomic E-state index is -4.55. The first kappa shape index (κ1) is 18.2. The van der Waals surface area contributed by atoms with Gasteiger partial charge in [-0.15, -0.1) is 0 Å². The molecule has 3 rings (SSSR count). The van der Waals surface area contributed by atoms with Gasteiger partial charge in [-0.3, -0.25) is 4.79 Å². The highest BCUT2D eigenvalue weighted by Gasteiger charge is 2.34. The number of para-hydroxylation sites is 1.